The van der Waals surface area contributed by atoms with Gasteiger partial charge in [0.1, 0.15) is 23.0 Å². The molecule has 0 bridgehead atoms. The Labute approximate surface area is 235 Å². The molecule has 2 aliphatic rings. The van der Waals surface area contributed by atoms with E-state index in [4.69, 9.17) is 18.9 Å². The first-order valence-corrected chi connectivity index (χ1v) is 16.0. The van der Waals surface area contributed by atoms with Crippen LogP contribution in [-0.2, 0) is 0 Å². The van der Waals surface area contributed by atoms with Gasteiger partial charge in [-0.15, -0.1) is 0 Å². The van der Waals surface area contributed by atoms with Crippen LogP contribution in [0, 0.1) is 0 Å². The first kappa shape index (κ1) is 27.8. The second kappa shape index (κ2) is 13.1. The Kier molecular flexibility index (Phi) is 9.35. The number of methoxy groups -OCH3 is 4. The summed E-state index contributed by atoms with van der Waals surface area (Å²) in [5, 5.41) is 1.47. The fraction of sp³-hybridized carbons (Fsp3) is 0.471. The lowest BCUT2D eigenvalue weighted by Crippen LogP contribution is -2.28. The molecule has 2 aliphatic carbocycles. The lowest BCUT2D eigenvalue weighted by Gasteiger charge is -2.41. The van der Waals surface area contributed by atoms with Gasteiger partial charge in [0, 0.05) is 0 Å². The summed E-state index contributed by atoms with van der Waals surface area (Å²) in [5.74, 6) is 3.40. The van der Waals surface area contributed by atoms with E-state index in [2.05, 4.69) is 42.5 Å². The van der Waals surface area contributed by atoms with E-state index >= 15 is 0 Å². The molecule has 0 saturated heterocycles. The molecular formula is C34H43O4P. The predicted molar refractivity (Wildman–Crippen MR) is 164 cm³/mol. The summed E-state index contributed by atoms with van der Waals surface area (Å²) in [6.45, 7) is 0. The van der Waals surface area contributed by atoms with Crippen LogP contribution in [0.5, 0.6) is 23.0 Å². The van der Waals surface area contributed by atoms with Crippen molar-refractivity contribution in [2.24, 2.45) is 0 Å². The summed E-state index contributed by atoms with van der Waals surface area (Å²) in [6, 6.07) is 19.0. The molecule has 3 aromatic carbocycles. The van der Waals surface area contributed by atoms with E-state index in [1.807, 2.05) is 12.1 Å². The van der Waals surface area contributed by atoms with Crippen LogP contribution in [-0.4, -0.2) is 39.8 Å². The monoisotopic (exact) mass is 546 g/mol. The number of ether oxygens (including phenoxy) is 4. The minimum atomic E-state index is -0.473. The minimum Gasteiger partial charge on any atom is -0.496 e. The first-order valence-electron chi connectivity index (χ1n) is 14.6. The van der Waals surface area contributed by atoms with Crippen molar-refractivity contribution in [1.29, 1.82) is 0 Å². The Morgan fingerprint density at radius 1 is 0.487 bits per heavy atom. The highest BCUT2D eigenvalue weighted by molar-refractivity contribution is 7.67. The Morgan fingerprint density at radius 3 is 1.15 bits per heavy atom. The molecule has 5 rings (SSSR count). The highest BCUT2D eigenvalue weighted by Gasteiger charge is 2.37. The molecular weight excluding hydrogens is 503 g/mol. The van der Waals surface area contributed by atoms with E-state index < -0.39 is 7.92 Å². The molecule has 0 unspecified atom stereocenters. The zero-order chi connectivity index (χ0) is 27.2. The third-order valence-corrected chi connectivity index (χ3v) is 12.2. The fourth-order valence-corrected chi connectivity index (χ4v) is 10.9. The van der Waals surface area contributed by atoms with Crippen LogP contribution >= 0.6 is 7.92 Å². The smallest absolute Gasteiger partial charge is 0.130 e. The van der Waals surface area contributed by atoms with E-state index in [0.29, 0.717) is 0 Å². The van der Waals surface area contributed by atoms with Gasteiger partial charge in [0.2, 0.25) is 0 Å². The van der Waals surface area contributed by atoms with Crippen molar-refractivity contribution in [1.82, 2.24) is 0 Å². The van der Waals surface area contributed by atoms with Crippen LogP contribution in [0.4, 0.5) is 0 Å². The number of hydrogen-bond acceptors (Lipinski definition) is 4. The Morgan fingerprint density at radius 2 is 0.821 bits per heavy atom. The topological polar surface area (TPSA) is 36.9 Å². The van der Waals surface area contributed by atoms with Crippen LogP contribution in [0.2, 0.25) is 0 Å². The van der Waals surface area contributed by atoms with Gasteiger partial charge in [0.05, 0.1) is 39.6 Å². The van der Waals surface area contributed by atoms with E-state index in [-0.39, 0.29) is 0 Å². The predicted octanol–water partition coefficient (Wildman–Crippen LogP) is 8.83. The van der Waals surface area contributed by atoms with Gasteiger partial charge >= 0.3 is 0 Å². The van der Waals surface area contributed by atoms with Gasteiger partial charge in [-0.05, 0) is 77.7 Å². The summed E-state index contributed by atoms with van der Waals surface area (Å²) in [6.07, 6.45) is 13.4. The summed E-state index contributed by atoms with van der Waals surface area (Å²) >= 11 is 0. The Hall–Kier alpha value is -2.71. The molecule has 39 heavy (non-hydrogen) atoms. The molecule has 0 amide bonds. The van der Waals surface area contributed by atoms with Gasteiger partial charge in [-0.1, -0.05) is 76.8 Å². The van der Waals surface area contributed by atoms with Crippen molar-refractivity contribution in [3.05, 3.63) is 54.6 Å². The van der Waals surface area contributed by atoms with Crippen molar-refractivity contribution in [2.45, 2.75) is 75.5 Å². The van der Waals surface area contributed by atoms with Crippen LogP contribution in [0.3, 0.4) is 0 Å². The molecule has 0 aliphatic heterocycles. The van der Waals surface area contributed by atoms with Gasteiger partial charge in [0.25, 0.3) is 0 Å². The zero-order valence-electron chi connectivity index (χ0n) is 24.0. The zero-order valence-corrected chi connectivity index (χ0v) is 24.9. The van der Waals surface area contributed by atoms with Gasteiger partial charge in [-0.2, -0.15) is 0 Å². The third kappa shape index (κ3) is 5.64. The van der Waals surface area contributed by atoms with Crippen LogP contribution in [0.1, 0.15) is 64.2 Å². The second-order valence-corrected chi connectivity index (χ2v) is 13.5. The van der Waals surface area contributed by atoms with Crippen molar-refractivity contribution in [3.63, 3.8) is 0 Å². The number of hydrogen-bond donors (Lipinski definition) is 0. The SMILES string of the molecule is COc1cccc(OC)c1-c1cccc(-c2c(OC)cccc2OC)c1P(C1CCCCC1)C1CCCCC1. The van der Waals surface area contributed by atoms with Crippen LogP contribution in [0.15, 0.2) is 54.6 Å². The van der Waals surface area contributed by atoms with Crippen LogP contribution in [0.25, 0.3) is 22.3 Å². The standard InChI is InChI=1S/C34H43O4P/c1-35-28-20-12-21-29(36-2)32(28)26-18-11-19-27(33-30(37-3)22-13-23-31(33)38-4)34(26)39(24-14-7-5-8-15-24)25-16-9-6-10-17-25/h11-13,18-25H,5-10,14-17H2,1-4H3. The molecule has 4 nitrogen and oxygen atoms in total. The summed E-state index contributed by atoms with van der Waals surface area (Å²) in [7, 11) is 6.57. The quantitative estimate of drug-likeness (QED) is 0.251. The summed E-state index contributed by atoms with van der Waals surface area (Å²) in [4.78, 5) is 0. The average Bonchev–Trinajstić information content (AvgIpc) is 3.01. The molecule has 5 heteroatoms. The molecule has 0 atom stereocenters. The largest absolute Gasteiger partial charge is 0.496 e. The molecule has 2 fully saturated rings. The molecule has 0 heterocycles. The lowest BCUT2D eigenvalue weighted by molar-refractivity contribution is 0.397. The minimum absolute atomic E-state index is 0.473. The summed E-state index contributed by atoms with van der Waals surface area (Å²) < 4.78 is 23.9. The van der Waals surface area contributed by atoms with Gasteiger partial charge in [-0.3, -0.25) is 0 Å². The maximum absolute atomic E-state index is 5.98. The maximum atomic E-state index is 5.98. The van der Waals surface area contributed by atoms with Crippen molar-refractivity contribution < 1.29 is 18.9 Å². The molecule has 3 aromatic rings. The van der Waals surface area contributed by atoms with Crippen molar-refractivity contribution in [2.75, 3.05) is 28.4 Å². The number of rotatable bonds is 9. The van der Waals surface area contributed by atoms with E-state index in [0.717, 1.165) is 45.4 Å². The highest BCUT2D eigenvalue weighted by Crippen LogP contribution is 2.59. The van der Waals surface area contributed by atoms with Gasteiger partial charge in [-0.25, -0.2) is 0 Å². The molecule has 0 spiro atoms. The van der Waals surface area contributed by atoms with Gasteiger partial charge in [0.15, 0.2) is 0 Å². The molecule has 2 saturated carbocycles. The third-order valence-electron chi connectivity index (χ3n) is 8.62. The fourth-order valence-electron chi connectivity index (χ4n) is 6.84. The van der Waals surface area contributed by atoms with Crippen molar-refractivity contribution >= 4 is 13.2 Å². The molecule has 0 aromatic heterocycles. The molecule has 0 radical (unpaired) electrons. The summed E-state index contributed by atoms with van der Waals surface area (Å²) in [5.41, 5.74) is 6.00. The second-order valence-electron chi connectivity index (χ2n) is 10.8. The highest BCUT2D eigenvalue weighted by atomic mass is 31.1. The Bertz CT molecular complexity index is 1110. The average molecular weight is 547 g/mol. The van der Waals surface area contributed by atoms with Gasteiger partial charge < -0.3 is 18.9 Å². The van der Waals surface area contributed by atoms with E-state index in [1.165, 1.54) is 80.6 Å². The Balaban J connectivity index is 1.86. The molecule has 0 N–H and O–H groups in total. The van der Waals surface area contributed by atoms with E-state index in [9.17, 15) is 0 Å². The maximum Gasteiger partial charge on any atom is 0.130 e. The van der Waals surface area contributed by atoms with E-state index in [1.54, 1.807) is 28.4 Å². The number of benzene rings is 3. The lowest BCUT2D eigenvalue weighted by atomic mass is 9.96. The first-order chi connectivity index (χ1) is 19.2. The normalized spacial score (nSPS) is 16.7. The van der Waals surface area contributed by atoms with Crippen molar-refractivity contribution in [3.8, 4) is 45.3 Å². The van der Waals surface area contributed by atoms with Crippen LogP contribution < -0.4 is 24.3 Å². The molecule has 208 valence electrons.